The van der Waals surface area contributed by atoms with Gasteiger partial charge in [0, 0.05) is 6.42 Å². The van der Waals surface area contributed by atoms with Gasteiger partial charge >= 0.3 is 0 Å². The second-order valence-electron chi connectivity index (χ2n) is 11.8. The van der Waals surface area contributed by atoms with Crippen LogP contribution in [-0.2, 0) is 0 Å². The predicted molar refractivity (Wildman–Crippen MR) is 181 cm³/mol. The van der Waals surface area contributed by atoms with E-state index in [1.165, 1.54) is 88.5 Å². The average molecular weight is 536 g/mol. The summed E-state index contributed by atoms with van der Waals surface area (Å²) in [6.45, 7) is 4.00. The Kier molecular flexibility index (Phi) is 5.08. The Morgan fingerprint density at radius 1 is 0.452 bits per heavy atom. The monoisotopic (exact) mass is 535 g/mol. The molecule has 3 aliphatic rings. The van der Waals surface area contributed by atoms with Gasteiger partial charge in [-0.2, -0.15) is 0 Å². The first-order chi connectivity index (χ1) is 20.9. The SMILES string of the molecule is CC.[CH]1c2c3c(c4ccccc4c21)C=C(c1c2ccccc2c(-c2cccc4ccccc24)c2ccccc12)C1CC31. The molecule has 42 heavy (non-hydrogen) atoms. The lowest BCUT2D eigenvalue weighted by atomic mass is 9.80. The van der Waals surface area contributed by atoms with Gasteiger partial charge in [0.2, 0.25) is 0 Å². The van der Waals surface area contributed by atoms with Gasteiger partial charge in [-0.25, -0.2) is 0 Å². The first kappa shape index (κ1) is 24.0. The van der Waals surface area contributed by atoms with Crippen molar-refractivity contribution in [1.29, 1.82) is 0 Å². The minimum absolute atomic E-state index is 0.599. The van der Waals surface area contributed by atoms with Gasteiger partial charge in [0.25, 0.3) is 0 Å². The molecule has 10 rings (SSSR count). The van der Waals surface area contributed by atoms with Gasteiger partial charge in [-0.15, -0.1) is 0 Å². The molecule has 0 heteroatoms. The van der Waals surface area contributed by atoms with Gasteiger partial charge in [-0.1, -0.05) is 129 Å². The molecule has 0 N–H and O–H groups in total. The number of benzene rings is 7. The van der Waals surface area contributed by atoms with E-state index < -0.39 is 0 Å². The zero-order valence-corrected chi connectivity index (χ0v) is 24.0. The highest BCUT2D eigenvalue weighted by Gasteiger charge is 2.49. The molecule has 1 fully saturated rings. The topological polar surface area (TPSA) is 0 Å². The summed E-state index contributed by atoms with van der Waals surface area (Å²) in [6, 6.07) is 42.8. The number of hydrogen-bond donors (Lipinski definition) is 0. The molecule has 0 amide bonds. The fourth-order valence-corrected chi connectivity index (χ4v) is 7.90. The first-order valence-electron chi connectivity index (χ1n) is 15.4. The van der Waals surface area contributed by atoms with E-state index >= 15 is 0 Å². The van der Waals surface area contributed by atoms with Crippen molar-refractivity contribution in [3.63, 3.8) is 0 Å². The molecule has 0 aliphatic heterocycles. The second kappa shape index (κ2) is 8.91. The normalized spacial score (nSPS) is 17.7. The fraction of sp³-hybridized carbons (Fsp3) is 0.119. The van der Waals surface area contributed by atoms with Crippen LogP contribution in [0.3, 0.4) is 0 Å². The summed E-state index contributed by atoms with van der Waals surface area (Å²) in [7, 11) is 0. The van der Waals surface area contributed by atoms with E-state index in [4.69, 9.17) is 0 Å². The summed E-state index contributed by atoms with van der Waals surface area (Å²) >= 11 is 0. The van der Waals surface area contributed by atoms with E-state index in [9.17, 15) is 0 Å². The minimum Gasteiger partial charge on any atom is -0.0683 e. The average Bonchev–Trinajstić information content (AvgIpc) is 3.99. The summed E-state index contributed by atoms with van der Waals surface area (Å²) in [5.41, 5.74) is 11.7. The third-order valence-electron chi connectivity index (χ3n) is 9.72. The summed E-state index contributed by atoms with van der Waals surface area (Å²) in [5, 5.41) is 10.8. The van der Waals surface area contributed by atoms with Crippen LogP contribution in [0, 0.1) is 12.3 Å². The highest BCUT2D eigenvalue weighted by molar-refractivity contribution is 6.23. The van der Waals surface area contributed by atoms with Crippen LogP contribution < -0.4 is 0 Å². The molecule has 0 aromatic heterocycles. The Labute approximate surface area is 246 Å². The van der Waals surface area contributed by atoms with Crippen molar-refractivity contribution >= 4 is 54.7 Å². The molecule has 199 valence electrons. The van der Waals surface area contributed by atoms with Crippen molar-refractivity contribution in [2.75, 3.05) is 0 Å². The van der Waals surface area contributed by atoms with E-state index in [1.54, 1.807) is 5.56 Å². The smallest absolute Gasteiger partial charge is 0.0215 e. The maximum Gasteiger partial charge on any atom is 0.0215 e. The Hall–Kier alpha value is -4.68. The molecular weight excluding hydrogens is 504 g/mol. The van der Waals surface area contributed by atoms with Crippen LogP contribution in [0.4, 0.5) is 0 Å². The van der Waals surface area contributed by atoms with Crippen LogP contribution in [0.2, 0.25) is 0 Å². The number of rotatable bonds is 2. The maximum atomic E-state index is 2.57. The molecule has 7 aromatic rings. The standard InChI is InChI=1S/C40H25.C2H6/c1-2-12-24-23(10-1)11-9-19-27(24)38-28-15-5-7-17-30(28)39(31-18-8-6-16-29(31)38)37-22-34-26-14-4-3-13-25(26)32-20-35(32)40(34)36-21-33(36)37;1-2/h1-20,22,33,36H,21H2;1-2H3. The van der Waals surface area contributed by atoms with Crippen molar-refractivity contribution < 1.29 is 0 Å². The van der Waals surface area contributed by atoms with E-state index in [0.717, 1.165) is 0 Å². The van der Waals surface area contributed by atoms with Gasteiger partial charge in [-0.05, 0) is 112 Å². The maximum absolute atomic E-state index is 2.57. The molecule has 0 saturated heterocycles. The molecule has 7 aromatic carbocycles. The quantitative estimate of drug-likeness (QED) is 0.193. The summed E-state index contributed by atoms with van der Waals surface area (Å²) in [4.78, 5) is 0. The van der Waals surface area contributed by atoms with Crippen LogP contribution in [0.25, 0.3) is 65.9 Å². The third kappa shape index (κ3) is 3.24. The number of allylic oxidation sites excluding steroid dienone is 1. The molecule has 1 radical (unpaired) electrons. The predicted octanol–water partition coefficient (Wildman–Crippen LogP) is 11.6. The Morgan fingerprint density at radius 2 is 0.976 bits per heavy atom. The summed E-state index contributed by atoms with van der Waals surface area (Å²) < 4.78 is 0. The van der Waals surface area contributed by atoms with Gasteiger partial charge < -0.3 is 0 Å². The Balaban J connectivity index is 0.00000123. The zero-order chi connectivity index (χ0) is 27.9. The van der Waals surface area contributed by atoms with Crippen molar-refractivity contribution in [3.8, 4) is 11.1 Å². The number of fused-ring (bicyclic) bond motifs is 11. The molecule has 0 spiro atoms. The molecular formula is C42H31. The largest absolute Gasteiger partial charge is 0.0683 e. The molecule has 0 bridgehead atoms. The highest BCUT2D eigenvalue weighted by atomic mass is 14.5. The molecule has 1 saturated carbocycles. The molecule has 2 atom stereocenters. The molecule has 0 heterocycles. The first-order valence-corrected chi connectivity index (χ1v) is 15.4. The Morgan fingerprint density at radius 3 is 1.64 bits per heavy atom. The van der Waals surface area contributed by atoms with Crippen molar-refractivity contribution in [2.24, 2.45) is 5.92 Å². The van der Waals surface area contributed by atoms with Gasteiger partial charge in [0.15, 0.2) is 0 Å². The van der Waals surface area contributed by atoms with E-state index in [1.807, 2.05) is 13.8 Å². The van der Waals surface area contributed by atoms with E-state index in [0.29, 0.717) is 11.8 Å². The number of hydrogen-bond acceptors (Lipinski definition) is 0. The fourth-order valence-electron chi connectivity index (χ4n) is 7.90. The Bertz CT molecular complexity index is 2220. The van der Waals surface area contributed by atoms with Crippen LogP contribution in [-0.4, -0.2) is 0 Å². The van der Waals surface area contributed by atoms with Gasteiger partial charge in [0.1, 0.15) is 0 Å². The molecule has 0 nitrogen and oxygen atoms in total. The van der Waals surface area contributed by atoms with Crippen LogP contribution >= 0.6 is 0 Å². The molecule has 2 unspecified atom stereocenters. The van der Waals surface area contributed by atoms with E-state index in [-0.39, 0.29) is 0 Å². The lowest BCUT2D eigenvalue weighted by Gasteiger charge is -2.23. The lowest BCUT2D eigenvalue weighted by molar-refractivity contribution is 1.02. The lowest BCUT2D eigenvalue weighted by Crippen LogP contribution is -2.02. The summed E-state index contributed by atoms with van der Waals surface area (Å²) in [5.74, 6) is 1.24. The van der Waals surface area contributed by atoms with Crippen molar-refractivity contribution in [2.45, 2.75) is 26.2 Å². The summed E-state index contributed by atoms with van der Waals surface area (Å²) in [6.07, 6.45) is 6.24. The highest BCUT2D eigenvalue weighted by Crippen LogP contribution is 2.64. The van der Waals surface area contributed by atoms with Gasteiger partial charge in [0.05, 0.1) is 0 Å². The van der Waals surface area contributed by atoms with Gasteiger partial charge in [-0.3, -0.25) is 0 Å². The van der Waals surface area contributed by atoms with Crippen molar-refractivity contribution in [1.82, 2.24) is 0 Å². The molecule has 3 aliphatic carbocycles. The van der Waals surface area contributed by atoms with Crippen LogP contribution in [0.5, 0.6) is 0 Å². The third-order valence-corrected chi connectivity index (χ3v) is 9.72. The van der Waals surface area contributed by atoms with Crippen molar-refractivity contribution in [3.05, 3.63) is 149 Å². The minimum atomic E-state index is 0.599. The van der Waals surface area contributed by atoms with Crippen LogP contribution in [0.15, 0.2) is 115 Å². The van der Waals surface area contributed by atoms with E-state index in [2.05, 4.69) is 128 Å². The zero-order valence-electron chi connectivity index (χ0n) is 24.0. The second-order valence-corrected chi connectivity index (χ2v) is 11.8. The van der Waals surface area contributed by atoms with Crippen LogP contribution in [0.1, 0.15) is 54.0 Å².